The first-order valence-electron chi connectivity index (χ1n) is 6.92. The summed E-state index contributed by atoms with van der Waals surface area (Å²) < 4.78 is 1.06. The molecule has 2 aromatic rings. The number of amides is 1. The number of carbonyl (C=O) groups excluding carboxylic acids is 1. The molecule has 0 aromatic carbocycles. The monoisotopic (exact) mass is 307 g/mol. The number of hydrazine groups is 1. The lowest BCUT2D eigenvalue weighted by atomic mass is 9.97. The number of thiophene rings is 1. The van der Waals surface area contributed by atoms with Crippen LogP contribution in [0.1, 0.15) is 35.5 Å². The summed E-state index contributed by atoms with van der Waals surface area (Å²) in [5, 5.41) is 0.657. The fraction of sp³-hybridized carbons (Fsp3) is 0.462. The number of hydrogen-bond acceptors (Lipinski definition) is 6. The second kappa shape index (κ2) is 5.45. The summed E-state index contributed by atoms with van der Waals surface area (Å²) in [4.78, 5) is 30.2. The van der Waals surface area contributed by atoms with Crippen molar-refractivity contribution >= 4 is 27.5 Å². The molecule has 5 N–H and O–H groups in total. The first-order chi connectivity index (χ1) is 10.1. The molecule has 1 aliphatic carbocycles. The minimum absolute atomic E-state index is 0.150. The predicted octanol–water partition coefficient (Wildman–Crippen LogP) is -0.0269. The Hall–Kier alpha value is -1.93. The molecule has 0 atom stereocenters. The van der Waals surface area contributed by atoms with E-state index in [2.05, 4.69) is 10.4 Å². The normalized spacial score (nSPS) is 14.1. The van der Waals surface area contributed by atoms with Crippen molar-refractivity contribution in [3.63, 3.8) is 0 Å². The number of carbonyl (C=O) groups is 1. The number of aryl methyl sites for hydroxylation is 3. The van der Waals surface area contributed by atoms with Crippen molar-refractivity contribution in [2.45, 2.75) is 38.5 Å². The van der Waals surface area contributed by atoms with Gasteiger partial charge in [0, 0.05) is 17.7 Å². The Morgan fingerprint density at radius 2 is 2.14 bits per heavy atom. The highest BCUT2D eigenvalue weighted by molar-refractivity contribution is 7.18. The molecule has 3 rings (SSSR count). The maximum Gasteiger partial charge on any atom is 0.280 e. The quantitative estimate of drug-likeness (QED) is 0.418. The Kier molecular flexibility index (Phi) is 3.64. The third-order valence-electron chi connectivity index (χ3n) is 3.83. The fourth-order valence-corrected chi connectivity index (χ4v) is 4.00. The van der Waals surface area contributed by atoms with Crippen LogP contribution in [-0.2, 0) is 24.1 Å². The molecule has 0 bridgehead atoms. The van der Waals surface area contributed by atoms with Crippen LogP contribution in [0.5, 0.6) is 0 Å². The molecule has 0 saturated heterocycles. The molecule has 2 heterocycles. The Morgan fingerprint density at radius 3 is 2.90 bits per heavy atom. The van der Waals surface area contributed by atoms with E-state index in [9.17, 15) is 9.59 Å². The van der Waals surface area contributed by atoms with E-state index >= 15 is 0 Å². The topological polar surface area (TPSA) is 116 Å². The van der Waals surface area contributed by atoms with Crippen LogP contribution in [0.25, 0.3) is 10.2 Å². The third-order valence-corrected chi connectivity index (χ3v) is 5.02. The molecule has 0 radical (unpaired) electrons. The first kappa shape index (κ1) is 14.0. The van der Waals surface area contributed by atoms with Gasteiger partial charge in [0.15, 0.2) is 0 Å². The lowest BCUT2D eigenvalue weighted by Gasteiger charge is -2.10. The van der Waals surface area contributed by atoms with E-state index in [4.69, 9.17) is 11.7 Å². The van der Waals surface area contributed by atoms with Gasteiger partial charge in [0.2, 0.25) is 5.91 Å². The van der Waals surface area contributed by atoms with Crippen LogP contribution in [0.2, 0.25) is 0 Å². The summed E-state index contributed by atoms with van der Waals surface area (Å²) in [5.74, 6) is 11.0. The van der Waals surface area contributed by atoms with Crippen LogP contribution in [0, 0.1) is 0 Å². The maximum absolute atomic E-state index is 12.5. The average Bonchev–Trinajstić information content (AvgIpc) is 2.87. The van der Waals surface area contributed by atoms with Crippen molar-refractivity contribution in [1.29, 1.82) is 0 Å². The lowest BCUT2D eigenvalue weighted by Crippen LogP contribution is -2.34. The highest BCUT2D eigenvalue weighted by atomic mass is 32.1. The summed E-state index contributed by atoms with van der Waals surface area (Å²) >= 11 is 1.57. The van der Waals surface area contributed by atoms with Crippen LogP contribution >= 0.6 is 11.3 Å². The maximum atomic E-state index is 12.5. The SMILES string of the molecule is NNC(=O)CCc1nc2sc3c(c2c(=O)n1N)CCCC3. The van der Waals surface area contributed by atoms with Crippen molar-refractivity contribution in [2.24, 2.45) is 5.84 Å². The van der Waals surface area contributed by atoms with E-state index in [0.29, 0.717) is 11.2 Å². The Bertz CT molecular complexity index is 764. The van der Waals surface area contributed by atoms with Crippen LogP contribution in [0.3, 0.4) is 0 Å². The zero-order chi connectivity index (χ0) is 15.0. The second-order valence-corrected chi connectivity index (χ2v) is 6.25. The van der Waals surface area contributed by atoms with Gasteiger partial charge in [0.05, 0.1) is 5.39 Å². The van der Waals surface area contributed by atoms with Crippen molar-refractivity contribution in [3.05, 3.63) is 26.6 Å². The van der Waals surface area contributed by atoms with Gasteiger partial charge in [-0.15, -0.1) is 11.3 Å². The van der Waals surface area contributed by atoms with Crippen molar-refractivity contribution < 1.29 is 4.79 Å². The van der Waals surface area contributed by atoms with E-state index in [1.807, 2.05) is 0 Å². The molecule has 0 spiro atoms. The molecule has 0 fully saturated rings. The highest BCUT2D eigenvalue weighted by Crippen LogP contribution is 2.33. The Balaban J connectivity index is 2.06. The number of nitrogen functional groups attached to an aromatic ring is 1. The summed E-state index contributed by atoms with van der Waals surface area (Å²) in [7, 11) is 0. The van der Waals surface area contributed by atoms with Gasteiger partial charge < -0.3 is 5.84 Å². The number of nitrogens with one attached hydrogen (secondary N) is 1. The van der Waals surface area contributed by atoms with E-state index in [1.54, 1.807) is 11.3 Å². The van der Waals surface area contributed by atoms with E-state index in [0.717, 1.165) is 40.8 Å². The number of fused-ring (bicyclic) bond motifs is 3. The second-order valence-electron chi connectivity index (χ2n) is 5.16. The van der Waals surface area contributed by atoms with E-state index in [1.165, 1.54) is 4.88 Å². The highest BCUT2D eigenvalue weighted by Gasteiger charge is 2.21. The number of nitrogens with zero attached hydrogens (tertiary/aromatic N) is 2. The summed E-state index contributed by atoms with van der Waals surface area (Å²) in [5.41, 5.74) is 2.95. The summed E-state index contributed by atoms with van der Waals surface area (Å²) in [6.45, 7) is 0. The fourth-order valence-electron chi connectivity index (χ4n) is 2.73. The van der Waals surface area contributed by atoms with Crippen LogP contribution in [-0.4, -0.2) is 15.6 Å². The molecule has 2 aromatic heterocycles. The zero-order valence-electron chi connectivity index (χ0n) is 11.5. The van der Waals surface area contributed by atoms with Crippen LogP contribution in [0.4, 0.5) is 0 Å². The van der Waals surface area contributed by atoms with Gasteiger partial charge in [-0.3, -0.25) is 15.0 Å². The standard InChI is InChI=1S/C13H17N5O2S/c14-17-10(19)6-5-9-16-12-11(13(20)18(9)15)7-3-1-2-4-8(7)21-12/h1-6,14-15H2,(H,17,19). The van der Waals surface area contributed by atoms with Crippen LogP contribution < -0.4 is 22.7 Å². The first-order valence-corrected chi connectivity index (χ1v) is 7.74. The third kappa shape index (κ3) is 2.40. The molecule has 112 valence electrons. The smallest absolute Gasteiger partial charge is 0.280 e. The largest absolute Gasteiger partial charge is 0.335 e. The van der Waals surface area contributed by atoms with Gasteiger partial charge in [0.1, 0.15) is 10.7 Å². The number of nitrogens with two attached hydrogens (primary N) is 2. The Morgan fingerprint density at radius 1 is 1.38 bits per heavy atom. The molecule has 7 nitrogen and oxygen atoms in total. The number of hydrogen-bond donors (Lipinski definition) is 3. The van der Waals surface area contributed by atoms with E-state index in [-0.39, 0.29) is 24.3 Å². The molecule has 0 aliphatic heterocycles. The molecular formula is C13H17N5O2S. The molecule has 0 saturated carbocycles. The van der Waals surface area contributed by atoms with Gasteiger partial charge in [0.25, 0.3) is 5.56 Å². The van der Waals surface area contributed by atoms with Gasteiger partial charge in [-0.25, -0.2) is 15.5 Å². The number of aromatic nitrogens is 2. The Labute approximate surface area is 124 Å². The van der Waals surface area contributed by atoms with Crippen molar-refractivity contribution in [3.8, 4) is 0 Å². The predicted molar refractivity (Wildman–Crippen MR) is 81.3 cm³/mol. The van der Waals surface area contributed by atoms with Gasteiger partial charge in [-0.1, -0.05) is 0 Å². The minimum Gasteiger partial charge on any atom is -0.335 e. The van der Waals surface area contributed by atoms with Crippen LogP contribution in [0.15, 0.2) is 4.79 Å². The molecular weight excluding hydrogens is 290 g/mol. The molecule has 21 heavy (non-hydrogen) atoms. The summed E-state index contributed by atoms with van der Waals surface area (Å²) in [6, 6.07) is 0. The minimum atomic E-state index is -0.310. The van der Waals surface area contributed by atoms with Gasteiger partial charge in [-0.05, 0) is 31.2 Å². The molecule has 0 unspecified atom stereocenters. The van der Waals surface area contributed by atoms with Gasteiger partial charge in [-0.2, -0.15) is 0 Å². The molecule has 1 aliphatic rings. The van der Waals surface area contributed by atoms with Crippen molar-refractivity contribution in [2.75, 3.05) is 5.84 Å². The molecule has 1 amide bonds. The number of rotatable bonds is 3. The average molecular weight is 307 g/mol. The summed E-state index contributed by atoms with van der Waals surface area (Å²) in [6.07, 6.45) is 4.61. The van der Waals surface area contributed by atoms with Crippen molar-refractivity contribution in [1.82, 2.24) is 15.1 Å². The zero-order valence-corrected chi connectivity index (χ0v) is 12.3. The molecule has 8 heteroatoms. The van der Waals surface area contributed by atoms with Gasteiger partial charge >= 0.3 is 0 Å². The van der Waals surface area contributed by atoms with E-state index < -0.39 is 0 Å². The lowest BCUT2D eigenvalue weighted by molar-refractivity contribution is -0.121.